The van der Waals surface area contributed by atoms with Crippen LogP contribution in [0.2, 0.25) is 0 Å². The van der Waals surface area contributed by atoms with Crippen molar-refractivity contribution < 1.29 is 5.11 Å². The maximum Gasteiger partial charge on any atom is 0.193 e. The fourth-order valence-electron chi connectivity index (χ4n) is 2.50. The highest BCUT2D eigenvalue weighted by Crippen LogP contribution is 2.27. The predicted octanol–water partition coefficient (Wildman–Crippen LogP) is 3.33. The molecule has 0 aliphatic heterocycles. The molecule has 0 aliphatic carbocycles. The van der Waals surface area contributed by atoms with E-state index in [0.29, 0.717) is 18.9 Å². The Hall–Kier alpha value is -2.75. The first-order valence-corrected chi connectivity index (χ1v) is 7.28. The summed E-state index contributed by atoms with van der Waals surface area (Å²) >= 11 is 0. The minimum absolute atomic E-state index is 0.203. The summed E-state index contributed by atoms with van der Waals surface area (Å²) < 4.78 is 1.63. The van der Waals surface area contributed by atoms with Crippen molar-refractivity contribution in [2.24, 2.45) is 7.05 Å². The summed E-state index contributed by atoms with van der Waals surface area (Å²) in [5.74, 6) is 0.810. The third-order valence-electron chi connectivity index (χ3n) is 3.52. The lowest BCUT2D eigenvalue weighted by Crippen LogP contribution is -2.22. The maximum absolute atomic E-state index is 10.1. The molecule has 0 fully saturated rings. The fraction of sp³-hybridized carbons (Fsp3) is 0.167. The Bertz CT molecular complexity index is 681. The molecule has 4 heteroatoms. The van der Waals surface area contributed by atoms with Gasteiger partial charge in [0.1, 0.15) is 0 Å². The van der Waals surface area contributed by atoms with Crippen LogP contribution in [0.5, 0.6) is 5.75 Å². The third kappa shape index (κ3) is 3.28. The first-order chi connectivity index (χ1) is 10.7. The Labute approximate surface area is 130 Å². The van der Waals surface area contributed by atoms with Crippen molar-refractivity contribution in [3.05, 3.63) is 78.0 Å². The minimum atomic E-state index is 0.203. The van der Waals surface area contributed by atoms with Gasteiger partial charge in [-0.2, -0.15) is 5.10 Å². The van der Waals surface area contributed by atoms with Crippen LogP contribution in [0.3, 0.4) is 0 Å². The van der Waals surface area contributed by atoms with Crippen molar-refractivity contribution >= 4 is 5.82 Å². The lowest BCUT2D eigenvalue weighted by molar-refractivity contribution is 0.473. The molecule has 0 saturated heterocycles. The normalized spacial score (nSPS) is 10.6. The van der Waals surface area contributed by atoms with E-state index in [9.17, 15) is 5.11 Å². The molecule has 3 rings (SSSR count). The van der Waals surface area contributed by atoms with Crippen LogP contribution in [0.4, 0.5) is 5.82 Å². The van der Waals surface area contributed by atoms with Crippen LogP contribution in [-0.2, 0) is 20.1 Å². The fourth-order valence-corrected chi connectivity index (χ4v) is 2.50. The highest BCUT2D eigenvalue weighted by Gasteiger charge is 2.16. The molecule has 0 radical (unpaired) electrons. The molecule has 0 amide bonds. The van der Waals surface area contributed by atoms with Crippen molar-refractivity contribution in [2.45, 2.75) is 13.1 Å². The molecular formula is C18H19N3O. The lowest BCUT2D eigenvalue weighted by atomic mass is 10.1. The lowest BCUT2D eigenvalue weighted by Gasteiger charge is -2.23. The molecule has 112 valence electrons. The quantitative estimate of drug-likeness (QED) is 0.784. The van der Waals surface area contributed by atoms with E-state index in [4.69, 9.17) is 0 Å². The van der Waals surface area contributed by atoms with E-state index in [1.54, 1.807) is 10.9 Å². The molecule has 3 aromatic rings. The second kappa shape index (κ2) is 6.35. The molecule has 4 nitrogen and oxygen atoms in total. The van der Waals surface area contributed by atoms with Gasteiger partial charge in [-0.3, -0.25) is 4.68 Å². The molecule has 0 bridgehead atoms. The van der Waals surface area contributed by atoms with Gasteiger partial charge in [0.05, 0.1) is 6.20 Å². The number of aromatic hydroxyl groups is 1. The Balaban J connectivity index is 1.90. The third-order valence-corrected chi connectivity index (χ3v) is 3.52. The molecule has 0 aliphatic rings. The largest absolute Gasteiger partial charge is 0.503 e. The van der Waals surface area contributed by atoms with E-state index in [-0.39, 0.29) is 5.75 Å². The summed E-state index contributed by atoms with van der Waals surface area (Å²) in [4.78, 5) is 2.08. The van der Waals surface area contributed by atoms with Gasteiger partial charge in [0.15, 0.2) is 11.6 Å². The summed E-state index contributed by atoms with van der Waals surface area (Å²) in [7, 11) is 1.81. The number of hydrogen-bond acceptors (Lipinski definition) is 3. The van der Waals surface area contributed by atoms with E-state index in [1.165, 1.54) is 11.1 Å². The average Bonchev–Trinajstić information content (AvgIpc) is 2.87. The summed E-state index contributed by atoms with van der Waals surface area (Å²) in [6, 6.07) is 20.4. The summed E-state index contributed by atoms with van der Waals surface area (Å²) in [5.41, 5.74) is 2.37. The standard InChI is InChI=1S/C18H19N3O/c1-20-14-17(22)18(19-20)21(12-15-8-4-2-5-9-15)13-16-10-6-3-7-11-16/h2-11,14,22H,12-13H2,1H3. The van der Waals surface area contributed by atoms with Crippen LogP contribution < -0.4 is 4.90 Å². The molecule has 2 aromatic carbocycles. The van der Waals surface area contributed by atoms with Gasteiger partial charge in [0.2, 0.25) is 0 Å². The molecule has 1 heterocycles. The van der Waals surface area contributed by atoms with E-state index < -0.39 is 0 Å². The van der Waals surface area contributed by atoms with Crippen molar-refractivity contribution in [1.82, 2.24) is 9.78 Å². The van der Waals surface area contributed by atoms with Crippen LogP contribution in [0.25, 0.3) is 0 Å². The summed E-state index contributed by atoms with van der Waals surface area (Å²) in [6.07, 6.45) is 1.62. The summed E-state index contributed by atoms with van der Waals surface area (Å²) in [5, 5.41) is 14.5. The Morgan fingerprint density at radius 1 is 0.909 bits per heavy atom. The zero-order valence-electron chi connectivity index (χ0n) is 12.6. The first-order valence-electron chi connectivity index (χ1n) is 7.28. The van der Waals surface area contributed by atoms with Gasteiger partial charge in [0.25, 0.3) is 0 Å². The molecule has 22 heavy (non-hydrogen) atoms. The molecule has 0 saturated carbocycles. The topological polar surface area (TPSA) is 41.3 Å². The number of aromatic nitrogens is 2. The van der Waals surface area contributed by atoms with Gasteiger partial charge in [-0.05, 0) is 11.1 Å². The smallest absolute Gasteiger partial charge is 0.193 e. The Morgan fingerprint density at radius 2 is 1.41 bits per heavy atom. The predicted molar refractivity (Wildman–Crippen MR) is 87.6 cm³/mol. The number of nitrogens with zero attached hydrogens (tertiary/aromatic N) is 3. The molecule has 1 aromatic heterocycles. The van der Waals surface area contributed by atoms with Crippen molar-refractivity contribution in [3.8, 4) is 5.75 Å². The summed E-state index contributed by atoms with van der Waals surface area (Å²) in [6.45, 7) is 1.39. The first kappa shape index (κ1) is 14.2. The SMILES string of the molecule is Cn1cc(O)c(N(Cc2ccccc2)Cc2ccccc2)n1. The van der Waals surface area contributed by atoms with Crippen LogP contribution in [0.1, 0.15) is 11.1 Å². The van der Waals surface area contributed by atoms with Gasteiger partial charge in [-0.1, -0.05) is 60.7 Å². The highest BCUT2D eigenvalue weighted by molar-refractivity contribution is 5.51. The van der Waals surface area contributed by atoms with E-state index in [2.05, 4.69) is 34.3 Å². The van der Waals surface area contributed by atoms with Crippen molar-refractivity contribution in [2.75, 3.05) is 4.90 Å². The van der Waals surface area contributed by atoms with E-state index >= 15 is 0 Å². The molecule has 0 atom stereocenters. The van der Waals surface area contributed by atoms with Crippen molar-refractivity contribution in [3.63, 3.8) is 0 Å². The van der Waals surface area contributed by atoms with E-state index in [1.807, 2.05) is 43.4 Å². The molecule has 1 N–H and O–H groups in total. The van der Waals surface area contributed by atoms with Gasteiger partial charge in [0, 0.05) is 20.1 Å². The van der Waals surface area contributed by atoms with Crippen molar-refractivity contribution in [1.29, 1.82) is 0 Å². The molecular weight excluding hydrogens is 274 g/mol. The van der Waals surface area contributed by atoms with Gasteiger partial charge in [-0.15, -0.1) is 0 Å². The number of rotatable bonds is 5. The second-order valence-corrected chi connectivity index (χ2v) is 5.34. The Kier molecular flexibility index (Phi) is 4.10. The molecule has 0 unspecified atom stereocenters. The van der Waals surface area contributed by atoms with E-state index in [0.717, 1.165) is 0 Å². The zero-order valence-corrected chi connectivity index (χ0v) is 12.6. The second-order valence-electron chi connectivity index (χ2n) is 5.34. The minimum Gasteiger partial charge on any atom is -0.503 e. The Morgan fingerprint density at radius 3 is 1.82 bits per heavy atom. The highest BCUT2D eigenvalue weighted by atomic mass is 16.3. The van der Waals surface area contributed by atoms with Crippen LogP contribution in [0.15, 0.2) is 66.9 Å². The molecule has 0 spiro atoms. The number of benzene rings is 2. The maximum atomic E-state index is 10.1. The zero-order chi connectivity index (χ0) is 15.4. The number of aryl methyl sites for hydroxylation is 1. The van der Waals surface area contributed by atoms with Gasteiger partial charge >= 0.3 is 0 Å². The van der Waals surface area contributed by atoms with Crippen LogP contribution >= 0.6 is 0 Å². The van der Waals surface area contributed by atoms with Crippen LogP contribution in [0, 0.1) is 0 Å². The monoisotopic (exact) mass is 293 g/mol. The van der Waals surface area contributed by atoms with Gasteiger partial charge in [-0.25, -0.2) is 0 Å². The number of hydrogen-bond donors (Lipinski definition) is 1. The van der Waals surface area contributed by atoms with Gasteiger partial charge < -0.3 is 10.0 Å². The number of anilines is 1. The average molecular weight is 293 g/mol. The van der Waals surface area contributed by atoms with Crippen LogP contribution in [-0.4, -0.2) is 14.9 Å².